The van der Waals surface area contributed by atoms with Crippen LogP contribution in [-0.2, 0) is 9.47 Å². The van der Waals surface area contributed by atoms with Crippen molar-refractivity contribution in [3.05, 3.63) is 12.3 Å². The Kier molecular flexibility index (Phi) is 6.20. The van der Waals surface area contributed by atoms with E-state index >= 15 is 0 Å². The van der Waals surface area contributed by atoms with E-state index in [0.717, 1.165) is 0 Å². The van der Waals surface area contributed by atoms with Crippen molar-refractivity contribution >= 4 is 6.09 Å². The fourth-order valence-corrected chi connectivity index (χ4v) is 2.53. The van der Waals surface area contributed by atoms with E-state index in [1.165, 1.54) is 7.11 Å². The van der Waals surface area contributed by atoms with Crippen LogP contribution in [0.1, 0.15) is 52.9 Å². The van der Waals surface area contributed by atoms with Crippen molar-refractivity contribution in [2.75, 3.05) is 7.11 Å². The van der Waals surface area contributed by atoms with Crippen molar-refractivity contribution in [2.45, 2.75) is 70.4 Å². The number of carbonyl (C=O) groups excluding carboxylic acids is 1. The first-order chi connectivity index (χ1) is 10.0. The number of amides is 1. The predicted molar refractivity (Wildman–Crippen MR) is 80.8 cm³/mol. The fourth-order valence-electron chi connectivity index (χ4n) is 2.53. The van der Waals surface area contributed by atoms with Crippen LogP contribution >= 0.6 is 0 Å². The Hall–Kier alpha value is -1.33. The molecular formula is C16H27F2NO3. The van der Waals surface area contributed by atoms with Crippen LogP contribution in [0.2, 0.25) is 0 Å². The highest BCUT2D eigenvalue weighted by molar-refractivity contribution is 5.68. The van der Waals surface area contributed by atoms with Gasteiger partial charge in [0, 0.05) is 12.8 Å². The zero-order valence-corrected chi connectivity index (χ0v) is 13.9. The molecule has 1 rings (SSSR count). The molecule has 0 bridgehead atoms. The lowest BCUT2D eigenvalue weighted by Crippen LogP contribution is -2.42. The maximum absolute atomic E-state index is 13.2. The third-order valence-corrected chi connectivity index (χ3v) is 3.75. The summed E-state index contributed by atoms with van der Waals surface area (Å²) in [5, 5.41) is 2.72. The number of methoxy groups -OCH3 is 1. The van der Waals surface area contributed by atoms with Gasteiger partial charge in [-0.1, -0.05) is 6.58 Å². The van der Waals surface area contributed by atoms with E-state index in [4.69, 9.17) is 9.47 Å². The molecule has 1 fully saturated rings. The fraction of sp³-hybridized carbons (Fsp3) is 0.812. The highest BCUT2D eigenvalue weighted by Crippen LogP contribution is 2.38. The normalized spacial score (nSPS) is 20.1. The highest BCUT2D eigenvalue weighted by atomic mass is 19.3. The number of carbonyl (C=O) groups is 1. The van der Waals surface area contributed by atoms with Crippen LogP contribution in [0.25, 0.3) is 0 Å². The summed E-state index contributed by atoms with van der Waals surface area (Å²) in [6.07, 6.45) is 0.651. The van der Waals surface area contributed by atoms with Crippen molar-refractivity contribution in [2.24, 2.45) is 5.92 Å². The van der Waals surface area contributed by atoms with E-state index in [-0.39, 0.29) is 18.8 Å². The minimum Gasteiger partial charge on any atom is -0.500 e. The average Bonchev–Trinajstić information content (AvgIpc) is 2.37. The van der Waals surface area contributed by atoms with Gasteiger partial charge in [-0.2, -0.15) is 0 Å². The van der Waals surface area contributed by atoms with Gasteiger partial charge in [-0.05, 0) is 46.0 Å². The second-order valence-corrected chi connectivity index (χ2v) is 6.90. The van der Waals surface area contributed by atoms with Crippen LogP contribution in [0.4, 0.5) is 13.6 Å². The minimum atomic E-state index is -2.55. The third kappa shape index (κ3) is 6.62. The maximum atomic E-state index is 13.2. The van der Waals surface area contributed by atoms with Gasteiger partial charge in [-0.15, -0.1) is 0 Å². The average molecular weight is 319 g/mol. The zero-order valence-electron chi connectivity index (χ0n) is 13.9. The van der Waals surface area contributed by atoms with Gasteiger partial charge in [0.15, 0.2) is 0 Å². The molecular weight excluding hydrogens is 292 g/mol. The Morgan fingerprint density at radius 2 is 1.91 bits per heavy atom. The van der Waals surface area contributed by atoms with Gasteiger partial charge >= 0.3 is 6.09 Å². The SMILES string of the molecule is C=C(OC)[C@H](CC1CCC(F)(F)CC1)NC(=O)OC(C)(C)C. The minimum absolute atomic E-state index is 0.101. The highest BCUT2D eigenvalue weighted by Gasteiger charge is 2.36. The largest absolute Gasteiger partial charge is 0.500 e. The van der Waals surface area contributed by atoms with Crippen LogP contribution in [0.15, 0.2) is 12.3 Å². The summed E-state index contributed by atoms with van der Waals surface area (Å²) in [5.74, 6) is -2.03. The summed E-state index contributed by atoms with van der Waals surface area (Å²) >= 11 is 0. The molecule has 6 heteroatoms. The molecule has 1 N–H and O–H groups in total. The van der Waals surface area contributed by atoms with Gasteiger partial charge in [-0.25, -0.2) is 13.6 Å². The van der Waals surface area contributed by atoms with Crippen LogP contribution in [0, 0.1) is 5.92 Å². The number of alkyl carbamates (subject to hydrolysis) is 1. The first kappa shape index (κ1) is 18.7. The number of ether oxygens (including phenoxy) is 2. The Morgan fingerprint density at radius 3 is 2.36 bits per heavy atom. The van der Waals surface area contributed by atoms with Gasteiger partial charge in [0.2, 0.25) is 5.92 Å². The van der Waals surface area contributed by atoms with Crippen LogP contribution in [-0.4, -0.2) is 30.8 Å². The molecule has 0 aliphatic heterocycles. The monoisotopic (exact) mass is 319 g/mol. The van der Waals surface area contributed by atoms with Crippen LogP contribution < -0.4 is 5.32 Å². The number of nitrogens with one attached hydrogen (secondary N) is 1. The molecule has 1 amide bonds. The molecule has 22 heavy (non-hydrogen) atoms. The van der Waals surface area contributed by atoms with Crippen LogP contribution in [0.5, 0.6) is 0 Å². The van der Waals surface area contributed by atoms with Crippen molar-refractivity contribution in [1.29, 1.82) is 0 Å². The number of hydrogen-bond donors (Lipinski definition) is 1. The molecule has 0 heterocycles. The first-order valence-electron chi connectivity index (χ1n) is 7.62. The van der Waals surface area contributed by atoms with Gasteiger partial charge in [0.1, 0.15) is 11.4 Å². The molecule has 0 spiro atoms. The molecule has 1 aliphatic carbocycles. The molecule has 0 aromatic heterocycles. The smallest absolute Gasteiger partial charge is 0.408 e. The molecule has 0 aromatic rings. The second kappa shape index (κ2) is 7.29. The molecule has 1 saturated carbocycles. The summed E-state index contributed by atoms with van der Waals surface area (Å²) in [6.45, 7) is 9.10. The van der Waals surface area contributed by atoms with Gasteiger partial charge < -0.3 is 14.8 Å². The lowest BCUT2D eigenvalue weighted by Gasteiger charge is -2.31. The molecule has 1 atom stereocenters. The van der Waals surface area contributed by atoms with E-state index in [9.17, 15) is 13.6 Å². The Labute approximate surface area is 131 Å². The Bertz CT molecular complexity index is 395. The topological polar surface area (TPSA) is 47.6 Å². The van der Waals surface area contributed by atoms with Crippen molar-refractivity contribution < 1.29 is 23.0 Å². The molecule has 0 saturated heterocycles. The van der Waals surface area contributed by atoms with Crippen molar-refractivity contribution in [3.63, 3.8) is 0 Å². The summed E-state index contributed by atoms with van der Waals surface area (Å²) in [5.41, 5.74) is -0.601. The summed E-state index contributed by atoms with van der Waals surface area (Å²) < 4.78 is 36.7. The van der Waals surface area contributed by atoms with Gasteiger partial charge in [0.25, 0.3) is 0 Å². The second-order valence-electron chi connectivity index (χ2n) is 6.90. The van der Waals surface area contributed by atoms with Crippen LogP contribution in [0.3, 0.4) is 0 Å². The molecule has 128 valence electrons. The summed E-state index contributed by atoms with van der Waals surface area (Å²) in [7, 11) is 1.47. The van der Waals surface area contributed by atoms with Crippen molar-refractivity contribution in [3.8, 4) is 0 Å². The Balaban J connectivity index is 2.58. The number of hydrogen-bond acceptors (Lipinski definition) is 3. The van der Waals surface area contributed by atoms with Gasteiger partial charge in [-0.3, -0.25) is 0 Å². The van der Waals surface area contributed by atoms with E-state index in [1.54, 1.807) is 20.8 Å². The Morgan fingerprint density at radius 1 is 1.36 bits per heavy atom. The first-order valence-corrected chi connectivity index (χ1v) is 7.62. The standard InChI is InChI=1S/C16H27F2NO3/c1-11(21-5)13(19-14(20)22-15(2,3)4)10-12-6-8-16(17,18)9-7-12/h12-13H,1,6-10H2,2-5H3,(H,19,20)/t13-/m0/s1. The molecule has 0 unspecified atom stereocenters. The van der Waals surface area contributed by atoms with E-state index in [2.05, 4.69) is 11.9 Å². The van der Waals surface area contributed by atoms with Gasteiger partial charge in [0.05, 0.1) is 13.2 Å². The maximum Gasteiger partial charge on any atom is 0.408 e. The van der Waals surface area contributed by atoms with E-state index < -0.39 is 23.7 Å². The number of alkyl halides is 2. The molecule has 0 radical (unpaired) electrons. The molecule has 1 aliphatic rings. The zero-order chi connectivity index (χ0) is 17.0. The quantitative estimate of drug-likeness (QED) is 0.770. The summed E-state index contributed by atoms with van der Waals surface area (Å²) in [6, 6.07) is -0.434. The predicted octanol–water partition coefficient (Wildman–Crippen LogP) is 4.26. The molecule has 0 aromatic carbocycles. The molecule has 4 nitrogen and oxygen atoms in total. The lowest BCUT2D eigenvalue weighted by molar-refractivity contribution is -0.0475. The number of rotatable bonds is 5. The number of halogens is 2. The van der Waals surface area contributed by atoms with Crippen molar-refractivity contribution in [1.82, 2.24) is 5.32 Å². The van der Waals surface area contributed by atoms with E-state index in [0.29, 0.717) is 25.0 Å². The summed E-state index contributed by atoms with van der Waals surface area (Å²) in [4.78, 5) is 11.9. The lowest BCUT2D eigenvalue weighted by atomic mass is 9.82. The third-order valence-electron chi connectivity index (χ3n) is 3.75. The van der Waals surface area contributed by atoms with E-state index in [1.807, 2.05) is 0 Å².